The third kappa shape index (κ3) is 4.69. The molecule has 0 bridgehead atoms. The predicted molar refractivity (Wildman–Crippen MR) is 104 cm³/mol. The van der Waals surface area contributed by atoms with Crippen molar-refractivity contribution in [3.05, 3.63) is 46.2 Å². The molecule has 1 aliphatic rings. The largest absolute Gasteiger partial charge is 0.379 e. The standard InChI is InChI=1S/C19H26ClN5O/c1-3-16-17(4-2)23-24-19(22-16)21-13-18(25-8-10-26-11-9-25)14-6-5-7-15(20)12-14/h5-7,12,18H,3-4,8-11,13H2,1-2H3,(H,21,22,24). The first-order valence-electron chi connectivity index (χ1n) is 9.24. The van der Waals surface area contributed by atoms with Crippen molar-refractivity contribution >= 4 is 17.5 Å². The molecule has 0 spiro atoms. The first-order valence-corrected chi connectivity index (χ1v) is 9.62. The Labute approximate surface area is 159 Å². The Morgan fingerprint density at radius 1 is 1.15 bits per heavy atom. The molecule has 1 N–H and O–H groups in total. The lowest BCUT2D eigenvalue weighted by Crippen LogP contribution is -2.41. The Hall–Kier alpha value is -1.76. The summed E-state index contributed by atoms with van der Waals surface area (Å²) in [5, 5.41) is 12.7. The second kappa shape index (κ2) is 9.26. The molecule has 6 nitrogen and oxygen atoms in total. The van der Waals surface area contributed by atoms with Crippen LogP contribution in [0.5, 0.6) is 0 Å². The van der Waals surface area contributed by atoms with Crippen LogP contribution in [0.1, 0.15) is 36.8 Å². The van der Waals surface area contributed by atoms with Crippen molar-refractivity contribution in [1.29, 1.82) is 0 Å². The van der Waals surface area contributed by atoms with E-state index >= 15 is 0 Å². The lowest BCUT2D eigenvalue weighted by Gasteiger charge is -2.35. The van der Waals surface area contributed by atoms with Crippen molar-refractivity contribution in [1.82, 2.24) is 20.1 Å². The van der Waals surface area contributed by atoms with E-state index in [0.717, 1.165) is 55.6 Å². The van der Waals surface area contributed by atoms with Gasteiger partial charge in [0, 0.05) is 24.7 Å². The van der Waals surface area contributed by atoms with E-state index in [1.165, 1.54) is 5.56 Å². The number of aromatic nitrogens is 3. The molecule has 0 amide bonds. The molecule has 26 heavy (non-hydrogen) atoms. The Morgan fingerprint density at radius 2 is 1.92 bits per heavy atom. The zero-order valence-electron chi connectivity index (χ0n) is 15.4. The molecule has 2 heterocycles. The minimum atomic E-state index is 0.178. The number of hydrogen-bond donors (Lipinski definition) is 1. The van der Waals surface area contributed by atoms with Gasteiger partial charge in [-0.2, -0.15) is 5.10 Å². The van der Waals surface area contributed by atoms with Gasteiger partial charge in [-0.15, -0.1) is 5.10 Å². The van der Waals surface area contributed by atoms with Crippen LogP contribution in [0.4, 0.5) is 5.95 Å². The van der Waals surface area contributed by atoms with Crippen molar-refractivity contribution in [3.63, 3.8) is 0 Å². The summed E-state index contributed by atoms with van der Waals surface area (Å²) in [7, 11) is 0. The van der Waals surface area contributed by atoms with Gasteiger partial charge in [0.25, 0.3) is 0 Å². The van der Waals surface area contributed by atoms with Crippen LogP contribution < -0.4 is 5.32 Å². The van der Waals surface area contributed by atoms with Gasteiger partial charge in [0.05, 0.1) is 30.6 Å². The highest BCUT2D eigenvalue weighted by atomic mass is 35.5. The number of nitrogens with zero attached hydrogens (tertiary/aromatic N) is 4. The van der Waals surface area contributed by atoms with Gasteiger partial charge < -0.3 is 10.1 Å². The van der Waals surface area contributed by atoms with Gasteiger partial charge in [-0.25, -0.2) is 4.98 Å². The van der Waals surface area contributed by atoms with Crippen LogP contribution in [-0.2, 0) is 17.6 Å². The third-order valence-electron chi connectivity index (χ3n) is 4.68. The molecule has 1 aliphatic heterocycles. The average Bonchev–Trinajstić information content (AvgIpc) is 2.69. The fourth-order valence-corrected chi connectivity index (χ4v) is 3.46. The van der Waals surface area contributed by atoms with Crippen molar-refractivity contribution in [2.24, 2.45) is 0 Å². The number of rotatable bonds is 7. The third-order valence-corrected chi connectivity index (χ3v) is 4.92. The fourth-order valence-electron chi connectivity index (χ4n) is 3.26. The van der Waals surface area contributed by atoms with Crippen LogP contribution in [0, 0.1) is 0 Å². The monoisotopic (exact) mass is 375 g/mol. The Kier molecular flexibility index (Phi) is 6.77. The molecule has 7 heteroatoms. The Bertz CT molecular complexity index is 721. The summed E-state index contributed by atoms with van der Waals surface area (Å²) >= 11 is 6.22. The van der Waals surface area contributed by atoms with E-state index in [0.29, 0.717) is 12.5 Å². The SMILES string of the molecule is CCc1nnc(NCC(c2cccc(Cl)c2)N2CCOCC2)nc1CC. The van der Waals surface area contributed by atoms with E-state index in [2.05, 4.69) is 45.3 Å². The van der Waals surface area contributed by atoms with Crippen LogP contribution in [0.2, 0.25) is 5.02 Å². The molecule has 0 radical (unpaired) electrons. The topological polar surface area (TPSA) is 63.2 Å². The summed E-state index contributed by atoms with van der Waals surface area (Å²) in [6.07, 6.45) is 1.71. The quantitative estimate of drug-likeness (QED) is 0.802. The van der Waals surface area contributed by atoms with E-state index in [9.17, 15) is 0 Å². The molecule has 1 fully saturated rings. The van der Waals surface area contributed by atoms with Gasteiger partial charge in [-0.3, -0.25) is 4.90 Å². The second-order valence-electron chi connectivity index (χ2n) is 6.34. The smallest absolute Gasteiger partial charge is 0.243 e. The number of hydrogen-bond acceptors (Lipinski definition) is 6. The number of aryl methyl sites for hydroxylation is 2. The minimum Gasteiger partial charge on any atom is -0.379 e. The molecule has 2 aromatic rings. The summed E-state index contributed by atoms with van der Waals surface area (Å²) in [6.45, 7) is 8.15. The highest BCUT2D eigenvalue weighted by Crippen LogP contribution is 2.24. The summed E-state index contributed by atoms with van der Waals surface area (Å²) < 4.78 is 5.51. The van der Waals surface area contributed by atoms with E-state index in [4.69, 9.17) is 16.3 Å². The van der Waals surface area contributed by atoms with Crippen molar-refractivity contribution < 1.29 is 4.74 Å². The number of nitrogens with one attached hydrogen (secondary N) is 1. The summed E-state index contributed by atoms with van der Waals surface area (Å²) in [5.74, 6) is 0.583. The van der Waals surface area contributed by atoms with Crippen LogP contribution in [-0.4, -0.2) is 52.9 Å². The lowest BCUT2D eigenvalue weighted by molar-refractivity contribution is 0.0187. The molecule has 0 aliphatic carbocycles. The maximum Gasteiger partial charge on any atom is 0.243 e. The zero-order chi connectivity index (χ0) is 18.4. The van der Waals surface area contributed by atoms with Crippen molar-refractivity contribution in [2.75, 3.05) is 38.2 Å². The summed E-state index contributed by atoms with van der Waals surface area (Å²) in [5.41, 5.74) is 3.16. The molecule has 3 rings (SSSR count). The summed E-state index contributed by atoms with van der Waals surface area (Å²) in [4.78, 5) is 7.05. The maximum absolute atomic E-state index is 6.22. The van der Waals surface area contributed by atoms with Gasteiger partial charge in [0.2, 0.25) is 5.95 Å². The normalized spacial score (nSPS) is 16.4. The van der Waals surface area contributed by atoms with Crippen molar-refractivity contribution in [2.45, 2.75) is 32.7 Å². The van der Waals surface area contributed by atoms with Gasteiger partial charge in [-0.05, 0) is 30.5 Å². The second-order valence-corrected chi connectivity index (χ2v) is 6.77. The van der Waals surface area contributed by atoms with Crippen LogP contribution >= 0.6 is 11.6 Å². The Morgan fingerprint density at radius 3 is 2.62 bits per heavy atom. The maximum atomic E-state index is 6.22. The molecule has 1 saturated heterocycles. The molecule has 0 saturated carbocycles. The van der Waals surface area contributed by atoms with Gasteiger partial charge in [0.15, 0.2) is 0 Å². The molecule has 1 aromatic heterocycles. The molecule has 1 atom stereocenters. The highest BCUT2D eigenvalue weighted by Gasteiger charge is 2.23. The van der Waals surface area contributed by atoms with Gasteiger partial charge >= 0.3 is 0 Å². The number of morpholine rings is 1. The Balaban J connectivity index is 1.77. The predicted octanol–water partition coefficient (Wildman–Crippen LogP) is 3.14. The van der Waals surface area contributed by atoms with E-state index in [1.807, 2.05) is 18.2 Å². The first kappa shape index (κ1) is 19.0. The molecular weight excluding hydrogens is 350 g/mol. The zero-order valence-corrected chi connectivity index (χ0v) is 16.2. The molecule has 140 valence electrons. The van der Waals surface area contributed by atoms with E-state index in [1.54, 1.807) is 0 Å². The molecule has 1 aromatic carbocycles. The van der Waals surface area contributed by atoms with E-state index in [-0.39, 0.29) is 6.04 Å². The fraction of sp³-hybridized carbons (Fsp3) is 0.526. The number of benzene rings is 1. The number of halogens is 1. The average molecular weight is 376 g/mol. The molecular formula is C19H26ClN5O. The van der Waals surface area contributed by atoms with Crippen LogP contribution in [0.25, 0.3) is 0 Å². The van der Waals surface area contributed by atoms with Crippen LogP contribution in [0.15, 0.2) is 24.3 Å². The first-order chi connectivity index (χ1) is 12.7. The van der Waals surface area contributed by atoms with E-state index < -0.39 is 0 Å². The van der Waals surface area contributed by atoms with Gasteiger partial charge in [-0.1, -0.05) is 37.6 Å². The lowest BCUT2D eigenvalue weighted by atomic mass is 10.0. The highest BCUT2D eigenvalue weighted by molar-refractivity contribution is 6.30. The van der Waals surface area contributed by atoms with Gasteiger partial charge in [0.1, 0.15) is 0 Å². The number of ether oxygens (including phenoxy) is 1. The van der Waals surface area contributed by atoms with Crippen molar-refractivity contribution in [3.8, 4) is 0 Å². The summed E-state index contributed by atoms with van der Waals surface area (Å²) in [6, 6.07) is 8.22. The molecule has 1 unspecified atom stereocenters. The number of anilines is 1. The minimum absolute atomic E-state index is 0.178. The van der Waals surface area contributed by atoms with Crippen LogP contribution in [0.3, 0.4) is 0 Å².